The summed E-state index contributed by atoms with van der Waals surface area (Å²) >= 11 is 0. The molecule has 10 atom stereocenters. The number of aliphatic hydroxyl groups is 3. The second-order valence-corrected chi connectivity index (χ2v) is 15.3. The SMILES string of the molecule is CC(CCC(O)C(C)(C)C)C1CCC2(C)C3CC=C4C(CCC(O)C4(C)C)C3(C)C(O)CC12C. The maximum atomic E-state index is 12.0. The van der Waals surface area contributed by atoms with Crippen molar-refractivity contribution in [3.8, 4) is 0 Å². The van der Waals surface area contributed by atoms with E-state index in [9.17, 15) is 15.3 Å². The summed E-state index contributed by atoms with van der Waals surface area (Å²) in [5.41, 5.74) is 1.37. The van der Waals surface area contributed by atoms with Gasteiger partial charge in [-0.15, -0.1) is 0 Å². The van der Waals surface area contributed by atoms with Gasteiger partial charge in [-0.3, -0.25) is 0 Å². The van der Waals surface area contributed by atoms with E-state index in [1.807, 2.05) is 0 Å². The van der Waals surface area contributed by atoms with Crippen molar-refractivity contribution in [1.82, 2.24) is 0 Å². The van der Waals surface area contributed by atoms with Gasteiger partial charge >= 0.3 is 0 Å². The summed E-state index contributed by atoms with van der Waals surface area (Å²) in [6.07, 6.45) is 9.81. The Balaban J connectivity index is 1.63. The first-order chi connectivity index (χ1) is 15.5. The monoisotopic (exact) mass is 474 g/mol. The minimum atomic E-state index is -0.303. The van der Waals surface area contributed by atoms with Crippen molar-refractivity contribution in [3.05, 3.63) is 11.6 Å². The van der Waals surface area contributed by atoms with E-state index in [1.165, 1.54) is 18.4 Å². The molecule has 4 aliphatic rings. The second kappa shape index (κ2) is 8.32. The third kappa shape index (κ3) is 3.61. The Bertz CT molecular complexity index is 808. The first kappa shape index (κ1) is 26.7. The zero-order chi connectivity index (χ0) is 25.5. The minimum absolute atomic E-state index is 0.0653. The van der Waals surface area contributed by atoms with Crippen molar-refractivity contribution in [2.24, 2.45) is 50.7 Å². The fourth-order valence-electron chi connectivity index (χ4n) is 9.72. The van der Waals surface area contributed by atoms with Gasteiger partial charge in [0, 0.05) is 10.8 Å². The van der Waals surface area contributed by atoms with Crippen molar-refractivity contribution in [3.63, 3.8) is 0 Å². The summed E-state index contributed by atoms with van der Waals surface area (Å²) in [6, 6.07) is 0. The lowest BCUT2D eigenvalue weighted by molar-refractivity contribution is -0.204. The van der Waals surface area contributed by atoms with Crippen LogP contribution in [-0.2, 0) is 0 Å². The molecule has 0 aromatic carbocycles. The highest BCUT2D eigenvalue weighted by molar-refractivity contribution is 5.31. The molecule has 3 nitrogen and oxygen atoms in total. The van der Waals surface area contributed by atoms with E-state index in [2.05, 4.69) is 68.4 Å². The molecule has 10 unspecified atom stereocenters. The molecule has 0 spiro atoms. The highest BCUT2D eigenvalue weighted by atomic mass is 16.3. The molecule has 3 saturated carbocycles. The van der Waals surface area contributed by atoms with Crippen LogP contribution < -0.4 is 0 Å². The Labute approximate surface area is 209 Å². The van der Waals surface area contributed by atoms with E-state index in [4.69, 9.17) is 0 Å². The van der Waals surface area contributed by atoms with E-state index in [0.29, 0.717) is 23.7 Å². The lowest BCUT2D eigenvalue weighted by Crippen LogP contribution is -2.64. The quantitative estimate of drug-likeness (QED) is 0.395. The number of allylic oxidation sites excluding steroid dienone is 1. The zero-order valence-electron chi connectivity index (χ0n) is 23.6. The van der Waals surface area contributed by atoms with E-state index in [0.717, 1.165) is 38.5 Å². The average molecular weight is 475 g/mol. The molecule has 3 fully saturated rings. The summed E-state index contributed by atoms with van der Waals surface area (Å²) in [4.78, 5) is 0. The van der Waals surface area contributed by atoms with Crippen LogP contribution >= 0.6 is 0 Å². The fraction of sp³-hybridized carbons (Fsp3) is 0.935. The van der Waals surface area contributed by atoms with Gasteiger partial charge in [0.1, 0.15) is 0 Å². The van der Waals surface area contributed by atoms with Gasteiger partial charge in [0.25, 0.3) is 0 Å². The summed E-state index contributed by atoms with van der Waals surface area (Å²) in [5.74, 6) is 2.00. The second-order valence-electron chi connectivity index (χ2n) is 15.3. The Kier molecular flexibility index (Phi) is 6.53. The lowest BCUT2D eigenvalue weighted by atomic mass is 9.38. The van der Waals surface area contributed by atoms with Crippen molar-refractivity contribution in [1.29, 1.82) is 0 Å². The van der Waals surface area contributed by atoms with Crippen LogP contribution in [0.3, 0.4) is 0 Å². The van der Waals surface area contributed by atoms with Gasteiger partial charge in [0.15, 0.2) is 0 Å². The molecular weight excluding hydrogens is 420 g/mol. The highest BCUT2D eigenvalue weighted by Crippen LogP contribution is 2.74. The van der Waals surface area contributed by atoms with Crippen LogP contribution in [0.15, 0.2) is 11.6 Å². The van der Waals surface area contributed by atoms with Crippen LogP contribution in [0.5, 0.6) is 0 Å². The molecule has 0 aromatic heterocycles. The lowest BCUT2D eigenvalue weighted by Gasteiger charge is -2.67. The topological polar surface area (TPSA) is 60.7 Å². The maximum Gasteiger partial charge on any atom is 0.0628 e. The van der Waals surface area contributed by atoms with Gasteiger partial charge in [-0.25, -0.2) is 0 Å². The predicted octanol–water partition coefficient (Wildman–Crippen LogP) is 6.75. The molecule has 0 aliphatic heterocycles. The zero-order valence-corrected chi connectivity index (χ0v) is 23.6. The third-order valence-corrected chi connectivity index (χ3v) is 12.5. The Morgan fingerprint density at radius 1 is 0.941 bits per heavy atom. The molecular formula is C31H54O3. The van der Waals surface area contributed by atoms with Gasteiger partial charge in [0.2, 0.25) is 0 Å². The van der Waals surface area contributed by atoms with Crippen LogP contribution in [0.2, 0.25) is 0 Å². The molecule has 0 saturated heterocycles. The molecule has 0 bridgehead atoms. The van der Waals surface area contributed by atoms with Crippen molar-refractivity contribution in [2.45, 2.75) is 132 Å². The van der Waals surface area contributed by atoms with Gasteiger partial charge in [-0.2, -0.15) is 0 Å². The Hall–Kier alpha value is -0.380. The number of aliphatic hydroxyl groups excluding tert-OH is 3. The molecule has 3 N–H and O–H groups in total. The molecule has 34 heavy (non-hydrogen) atoms. The summed E-state index contributed by atoms with van der Waals surface area (Å²) < 4.78 is 0. The predicted molar refractivity (Wildman–Crippen MR) is 140 cm³/mol. The number of hydrogen-bond donors (Lipinski definition) is 3. The van der Waals surface area contributed by atoms with Crippen molar-refractivity contribution >= 4 is 0 Å². The fourth-order valence-corrected chi connectivity index (χ4v) is 9.72. The van der Waals surface area contributed by atoms with Crippen LogP contribution in [0.25, 0.3) is 0 Å². The molecule has 0 amide bonds. The van der Waals surface area contributed by atoms with Crippen molar-refractivity contribution in [2.75, 3.05) is 0 Å². The van der Waals surface area contributed by atoms with Crippen LogP contribution in [-0.4, -0.2) is 33.6 Å². The molecule has 4 aliphatic carbocycles. The molecule has 0 radical (unpaired) electrons. The minimum Gasteiger partial charge on any atom is -0.393 e. The molecule has 0 aromatic rings. The smallest absolute Gasteiger partial charge is 0.0628 e. The normalized spacial score (nSPS) is 47.8. The van der Waals surface area contributed by atoms with E-state index in [1.54, 1.807) is 0 Å². The van der Waals surface area contributed by atoms with E-state index in [-0.39, 0.29) is 45.4 Å². The third-order valence-electron chi connectivity index (χ3n) is 12.5. The Morgan fingerprint density at radius 3 is 2.21 bits per heavy atom. The highest BCUT2D eigenvalue weighted by Gasteiger charge is 2.70. The first-order valence-electron chi connectivity index (χ1n) is 14.3. The first-order valence-corrected chi connectivity index (χ1v) is 14.3. The summed E-state index contributed by atoms with van der Waals surface area (Å²) in [5, 5.41) is 33.4. The van der Waals surface area contributed by atoms with Crippen molar-refractivity contribution < 1.29 is 15.3 Å². The summed E-state index contributed by atoms with van der Waals surface area (Å²) in [6.45, 7) is 20.7. The van der Waals surface area contributed by atoms with Crippen LogP contribution in [0, 0.1) is 50.7 Å². The number of hydrogen-bond acceptors (Lipinski definition) is 3. The van der Waals surface area contributed by atoms with E-state index < -0.39 is 0 Å². The van der Waals surface area contributed by atoms with Gasteiger partial charge in [-0.1, -0.05) is 74.0 Å². The number of rotatable bonds is 4. The number of fused-ring (bicyclic) bond motifs is 5. The molecule has 0 heterocycles. The standard InChI is InChI=1S/C31H54O3/c1-19(10-14-24(32)27(2,3)4)20-16-17-29(7)23-13-11-21-22(12-15-25(33)28(21,5)6)31(23,9)26(34)18-30(20,29)8/h11,19-20,22-26,32-34H,10,12-18H2,1-9H3. The largest absolute Gasteiger partial charge is 0.393 e. The van der Waals surface area contributed by atoms with Gasteiger partial charge < -0.3 is 15.3 Å². The summed E-state index contributed by atoms with van der Waals surface area (Å²) in [7, 11) is 0. The van der Waals surface area contributed by atoms with E-state index >= 15 is 0 Å². The van der Waals surface area contributed by atoms with Gasteiger partial charge in [0.05, 0.1) is 18.3 Å². The molecule has 196 valence electrons. The Morgan fingerprint density at radius 2 is 1.59 bits per heavy atom. The van der Waals surface area contributed by atoms with Crippen LogP contribution in [0.4, 0.5) is 0 Å². The van der Waals surface area contributed by atoms with Crippen LogP contribution in [0.1, 0.15) is 114 Å². The molecule has 4 rings (SSSR count). The van der Waals surface area contributed by atoms with Gasteiger partial charge in [-0.05, 0) is 91.3 Å². The maximum absolute atomic E-state index is 12.0. The molecule has 3 heteroatoms. The average Bonchev–Trinajstić information content (AvgIpc) is 2.99.